The molecule has 1 fully saturated rings. The van der Waals surface area contributed by atoms with Crippen LogP contribution in [0, 0.1) is 5.92 Å². The van der Waals surface area contributed by atoms with E-state index in [9.17, 15) is 0 Å². The van der Waals surface area contributed by atoms with Crippen LogP contribution in [0.15, 0.2) is 18.0 Å². The van der Waals surface area contributed by atoms with Crippen LogP contribution >= 0.6 is 11.6 Å². The molecule has 0 aromatic carbocycles. The van der Waals surface area contributed by atoms with Crippen molar-refractivity contribution in [2.24, 2.45) is 5.92 Å². The van der Waals surface area contributed by atoms with Crippen LogP contribution in [0.25, 0.3) is 0 Å². The Labute approximate surface area is 133 Å². The van der Waals surface area contributed by atoms with Crippen LogP contribution in [-0.2, 0) is 6.42 Å². The zero-order valence-electron chi connectivity index (χ0n) is 13.3. The van der Waals surface area contributed by atoms with Gasteiger partial charge in [-0.1, -0.05) is 37.1 Å². The Bertz CT molecular complexity index is 491. The van der Waals surface area contributed by atoms with Gasteiger partial charge in [0.2, 0.25) is 0 Å². The van der Waals surface area contributed by atoms with Crippen molar-refractivity contribution < 1.29 is 0 Å². The highest BCUT2D eigenvalue weighted by molar-refractivity contribution is 6.33. The normalized spacial score (nSPS) is 23.1. The number of nitrogens with zero attached hydrogens (tertiary/aromatic N) is 2. The van der Waals surface area contributed by atoms with Crippen molar-refractivity contribution in [3.05, 3.63) is 28.7 Å². The summed E-state index contributed by atoms with van der Waals surface area (Å²) >= 11 is 6.35. The number of halogens is 1. The summed E-state index contributed by atoms with van der Waals surface area (Å²) in [6.07, 6.45) is 10.8. The minimum Gasteiger partial charge on any atom is -0.366 e. The fourth-order valence-corrected chi connectivity index (χ4v) is 3.41. The Balaban J connectivity index is 1.94. The zero-order valence-corrected chi connectivity index (χ0v) is 14.1. The summed E-state index contributed by atoms with van der Waals surface area (Å²) in [5.74, 6) is 1.56. The molecule has 2 rings (SSSR count). The smallest absolute Gasteiger partial charge is 0.148 e. The maximum atomic E-state index is 6.35. The van der Waals surface area contributed by atoms with E-state index >= 15 is 0 Å². The standard InChI is InChI=1S/C17H26ClN3/c1-4-6-12(3)13-7-9-14(10-8-13)21-17-16(18)15(5-2)19-11-20-17/h6,11,13-14H,4-5,7-10H2,1-3H3,(H,19,20,21)/t13-,14+. The van der Waals surface area contributed by atoms with Crippen LogP contribution in [0.2, 0.25) is 5.02 Å². The van der Waals surface area contributed by atoms with Crippen LogP contribution < -0.4 is 5.32 Å². The molecule has 1 aliphatic carbocycles. The molecular formula is C17H26ClN3. The Morgan fingerprint density at radius 3 is 2.62 bits per heavy atom. The topological polar surface area (TPSA) is 37.8 Å². The lowest BCUT2D eigenvalue weighted by Crippen LogP contribution is -2.27. The largest absolute Gasteiger partial charge is 0.366 e. The van der Waals surface area contributed by atoms with Gasteiger partial charge >= 0.3 is 0 Å². The average Bonchev–Trinajstić information content (AvgIpc) is 2.50. The number of allylic oxidation sites excluding steroid dienone is 2. The number of aryl methyl sites for hydroxylation is 1. The van der Waals surface area contributed by atoms with Gasteiger partial charge in [-0.3, -0.25) is 0 Å². The van der Waals surface area contributed by atoms with Gasteiger partial charge in [0.1, 0.15) is 17.2 Å². The van der Waals surface area contributed by atoms with E-state index < -0.39 is 0 Å². The maximum absolute atomic E-state index is 6.35. The first-order valence-corrected chi connectivity index (χ1v) is 8.46. The van der Waals surface area contributed by atoms with Crippen molar-refractivity contribution in [3.8, 4) is 0 Å². The first-order chi connectivity index (χ1) is 10.2. The molecule has 116 valence electrons. The molecule has 0 aliphatic heterocycles. The summed E-state index contributed by atoms with van der Waals surface area (Å²) < 4.78 is 0. The van der Waals surface area contributed by atoms with Gasteiger partial charge in [-0.2, -0.15) is 0 Å². The van der Waals surface area contributed by atoms with Gasteiger partial charge in [0.15, 0.2) is 0 Å². The number of anilines is 1. The lowest BCUT2D eigenvalue weighted by atomic mass is 9.81. The van der Waals surface area contributed by atoms with E-state index in [1.165, 1.54) is 25.7 Å². The summed E-state index contributed by atoms with van der Waals surface area (Å²) in [6, 6.07) is 0.479. The molecule has 1 aliphatic rings. The predicted octanol–water partition coefficient (Wildman–Crippen LogP) is 5.02. The van der Waals surface area contributed by atoms with Crippen molar-refractivity contribution in [1.29, 1.82) is 0 Å². The number of hydrogen-bond donors (Lipinski definition) is 1. The number of rotatable bonds is 5. The Morgan fingerprint density at radius 2 is 2.00 bits per heavy atom. The monoisotopic (exact) mass is 307 g/mol. The van der Waals surface area contributed by atoms with Crippen LogP contribution in [0.5, 0.6) is 0 Å². The van der Waals surface area contributed by atoms with Gasteiger partial charge in [0.05, 0.1) is 5.69 Å². The summed E-state index contributed by atoms with van der Waals surface area (Å²) in [5.41, 5.74) is 2.48. The molecule has 0 amide bonds. The van der Waals surface area contributed by atoms with Crippen molar-refractivity contribution in [3.63, 3.8) is 0 Å². The highest BCUT2D eigenvalue weighted by Crippen LogP contribution is 2.32. The fourth-order valence-electron chi connectivity index (χ4n) is 3.13. The molecule has 1 heterocycles. The van der Waals surface area contributed by atoms with E-state index in [2.05, 4.69) is 42.1 Å². The second-order valence-electron chi connectivity index (χ2n) is 5.89. The summed E-state index contributed by atoms with van der Waals surface area (Å²) in [5, 5.41) is 4.20. The zero-order chi connectivity index (χ0) is 15.2. The third-order valence-electron chi connectivity index (χ3n) is 4.43. The average molecular weight is 308 g/mol. The highest BCUT2D eigenvalue weighted by Gasteiger charge is 2.23. The molecule has 0 atom stereocenters. The van der Waals surface area contributed by atoms with Gasteiger partial charge < -0.3 is 5.32 Å². The molecular weight excluding hydrogens is 282 g/mol. The van der Waals surface area contributed by atoms with E-state index in [1.807, 2.05) is 0 Å². The van der Waals surface area contributed by atoms with Crippen molar-refractivity contribution in [1.82, 2.24) is 9.97 Å². The molecule has 0 bridgehead atoms. The molecule has 0 unspecified atom stereocenters. The third kappa shape index (κ3) is 4.19. The molecule has 1 aromatic heterocycles. The van der Waals surface area contributed by atoms with Gasteiger partial charge in [0, 0.05) is 6.04 Å². The highest BCUT2D eigenvalue weighted by atomic mass is 35.5. The molecule has 0 radical (unpaired) electrons. The van der Waals surface area contributed by atoms with E-state index in [-0.39, 0.29) is 0 Å². The second kappa shape index (κ2) is 7.79. The lowest BCUT2D eigenvalue weighted by Gasteiger charge is -2.30. The van der Waals surface area contributed by atoms with Crippen LogP contribution in [0.1, 0.15) is 58.6 Å². The van der Waals surface area contributed by atoms with Gasteiger partial charge in [-0.05, 0) is 51.4 Å². The molecule has 1 aromatic rings. The number of hydrogen-bond acceptors (Lipinski definition) is 3. The molecule has 21 heavy (non-hydrogen) atoms. The summed E-state index contributed by atoms with van der Waals surface area (Å²) in [4.78, 5) is 8.51. The lowest BCUT2D eigenvalue weighted by molar-refractivity contribution is 0.376. The quantitative estimate of drug-likeness (QED) is 0.776. The third-order valence-corrected chi connectivity index (χ3v) is 4.83. The van der Waals surface area contributed by atoms with Crippen molar-refractivity contribution in [2.45, 2.75) is 65.3 Å². The maximum Gasteiger partial charge on any atom is 0.148 e. The van der Waals surface area contributed by atoms with Crippen LogP contribution in [0.4, 0.5) is 5.82 Å². The predicted molar refractivity (Wildman–Crippen MR) is 89.8 cm³/mol. The van der Waals surface area contributed by atoms with E-state index in [4.69, 9.17) is 11.6 Å². The Morgan fingerprint density at radius 1 is 1.29 bits per heavy atom. The minimum absolute atomic E-state index is 0.479. The van der Waals surface area contributed by atoms with Crippen molar-refractivity contribution in [2.75, 3.05) is 5.32 Å². The number of aromatic nitrogens is 2. The first kappa shape index (κ1) is 16.3. The fraction of sp³-hybridized carbons (Fsp3) is 0.647. The summed E-state index contributed by atoms with van der Waals surface area (Å²) in [6.45, 7) is 6.54. The Hall–Kier alpha value is -1.09. The molecule has 3 nitrogen and oxygen atoms in total. The van der Waals surface area contributed by atoms with E-state index in [0.29, 0.717) is 11.1 Å². The molecule has 0 saturated heterocycles. The second-order valence-corrected chi connectivity index (χ2v) is 6.26. The van der Waals surface area contributed by atoms with E-state index in [1.54, 1.807) is 11.9 Å². The molecule has 0 spiro atoms. The van der Waals surface area contributed by atoms with Crippen molar-refractivity contribution >= 4 is 17.4 Å². The van der Waals surface area contributed by atoms with E-state index in [0.717, 1.165) is 30.3 Å². The molecule has 4 heteroatoms. The number of nitrogens with one attached hydrogen (secondary N) is 1. The molecule has 1 saturated carbocycles. The van der Waals surface area contributed by atoms with Gasteiger partial charge in [-0.25, -0.2) is 9.97 Å². The van der Waals surface area contributed by atoms with Gasteiger partial charge in [0.25, 0.3) is 0 Å². The van der Waals surface area contributed by atoms with Crippen LogP contribution in [-0.4, -0.2) is 16.0 Å². The van der Waals surface area contributed by atoms with Crippen LogP contribution in [0.3, 0.4) is 0 Å². The minimum atomic E-state index is 0.479. The molecule has 1 N–H and O–H groups in total. The summed E-state index contributed by atoms with van der Waals surface area (Å²) in [7, 11) is 0. The first-order valence-electron chi connectivity index (χ1n) is 8.08. The van der Waals surface area contributed by atoms with Gasteiger partial charge in [-0.15, -0.1) is 0 Å². The SMILES string of the molecule is CCC=C(C)[C@H]1CC[C@@H](Nc2ncnc(CC)c2Cl)CC1. The Kier molecular flexibility index (Phi) is 6.04.